The molecule has 102 valence electrons. The van der Waals surface area contributed by atoms with Gasteiger partial charge < -0.3 is 11.2 Å². The minimum Gasteiger partial charge on any atom is -0.383 e. The van der Waals surface area contributed by atoms with E-state index in [0.717, 1.165) is 4.57 Å². The summed E-state index contributed by atoms with van der Waals surface area (Å²) in [6.07, 6.45) is 0. The fourth-order valence-corrected chi connectivity index (χ4v) is 1.65. The molecule has 1 heterocycles. The van der Waals surface area contributed by atoms with Gasteiger partial charge in [0.05, 0.1) is 0 Å². The lowest BCUT2D eigenvalue weighted by Crippen LogP contribution is -2.42. The van der Waals surface area contributed by atoms with E-state index in [2.05, 4.69) is 5.43 Å². The van der Waals surface area contributed by atoms with Gasteiger partial charge in [-0.3, -0.25) is 13.9 Å². The monoisotopic (exact) mass is 255 g/mol. The van der Waals surface area contributed by atoms with Crippen LogP contribution in [0.1, 0.15) is 13.8 Å². The van der Waals surface area contributed by atoms with Crippen LogP contribution in [-0.2, 0) is 13.6 Å². The van der Waals surface area contributed by atoms with Gasteiger partial charge in [0.1, 0.15) is 5.82 Å². The third-order valence-corrected chi connectivity index (χ3v) is 2.47. The molecule has 1 aromatic heterocycles. The number of nitrogen functional groups attached to an aromatic ring is 1. The largest absolute Gasteiger partial charge is 0.383 e. The number of hydrogen-bond acceptors (Lipinski definition) is 5. The van der Waals surface area contributed by atoms with Crippen LogP contribution in [0.15, 0.2) is 9.59 Å². The Bertz CT molecular complexity index is 496. The standard InChI is InChI=1S/C11H21N5O2/c1-7(2)6-16-9(12)8(13-14(3)4)10(17)15(5)11(16)18/h7,13H,6,12H2,1-5H3. The van der Waals surface area contributed by atoms with E-state index in [1.807, 2.05) is 13.8 Å². The Kier molecular flexibility index (Phi) is 4.18. The van der Waals surface area contributed by atoms with Crippen LogP contribution < -0.4 is 22.4 Å². The molecule has 0 aliphatic carbocycles. The summed E-state index contributed by atoms with van der Waals surface area (Å²) >= 11 is 0. The zero-order valence-corrected chi connectivity index (χ0v) is 11.5. The molecule has 0 fully saturated rings. The van der Waals surface area contributed by atoms with E-state index in [0.29, 0.717) is 6.54 Å². The highest BCUT2D eigenvalue weighted by molar-refractivity contribution is 5.59. The maximum absolute atomic E-state index is 12.0. The van der Waals surface area contributed by atoms with Crippen LogP contribution in [-0.4, -0.2) is 28.2 Å². The van der Waals surface area contributed by atoms with Crippen molar-refractivity contribution in [3.8, 4) is 0 Å². The van der Waals surface area contributed by atoms with E-state index in [9.17, 15) is 9.59 Å². The van der Waals surface area contributed by atoms with Gasteiger partial charge in [0.25, 0.3) is 5.56 Å². The van der Waals surface area contributed by atoms with Crippen LogP contribution in [0, 0.1) is 5.92 Å². The van der Waals surface area contributed by atoms with Crippen LogP contribution in [0.5, 0.6) is 0 Å². The average Bonchev–Trinajstić information content (AvgIpc) is 2.27. The van der Waals surface area contributed by atoms with Crippen molar-refractivity contribution >= 4 is 11.5 Å². The van der Waals surface area contributed by atoms with Crippen molar-refractivity contribution in [2.45, 2.75) is 20.4 Å². The zero-order chi connectivity index (χ0) is 14.0. The van der Waals surface area contributed by atoms with Crippen molar-refractivity contribution < 1.29 is 0 Å². The van der Waals surface area contributed by atoms with E-state index < -0.39 is 11.2 Å². The summed E-state index contributed by atoms with van der Waals surface area (Å²) in [6, 6.07) is 0. The lowest BCUT2D eigenvalue weighted by atomic mass is 10.2. The molecule has 0 aromatic carbocycles. The molecule has 0 atom stereocenters. The van der Waals surface area contributed by atoms with Gasteiger partial charge >= 0.3 is 5.69 Å². The number of aromatic nitrogens is 2. The molecule has 0 saturated heterocycles. The van der Waals surface area contributed by atoms with Gasteiger partial charge in [0, 0.05) is 27.7 Å². The molecular weight excluding hydrogens is 234 g/mol. The smallest absolute Gasteiger partial charge is 0.332 e. The van der Waals surface area contributed by atoms with Crippen LogP contribution >= 0.6 is 0 Å². The fraction of sp³-hybridized carbons (Fsp3) is 0.636. The van der Waals surface area contributed by atoms with Crippen molar-refractivity contribution in [2.24, 2.45) is 13.0 Å². The maximum Gasteiger partial charge on any atom is 0.332 e. The second-order valence-electron chi connectivity index (χ2n) is 4.92. The molecule has 0 unspecified atom stereocenters. The molecule has 1 aromatic rings. The minimum absolute atomic E-state index is 0.172. The number of nitrogens with zero attached hydrogens (tertiary/aromatic N) is 3. The molecule has 7 nitrogen and oxygen atoms in total. The third kappa shape index (κ3) is 2.73. The Morgan fingerprint density at radius 2 is 1.89 bits per heavy atom. The van der Waals surface area contributed by atoms with Crippen LogP contribution in [0.3, 0.4) is 0 Å². The molecule has 0 aliphatic rings. The Morgan fingerprint density at radius 1 is 1.33 bits per heavy atom. The summed E-state index contributed by atoms with van der Waals surface area (Å²) < 4.78 is 2.47. The predicted octanol–water partition coefficient (Wildman–Crippen LogP) is -0.326. The summed E-state index contributed by atoms with van der Waals surface area (Å²) in [6.45, 7) is 4.44. The molecule has 18 heavy (non-hydrogen) atoms. The van der Waals surface area contributed by atoms with Gasteiger partial charge in [0.2, 0.25) is 0 Å². The first-order valence-corrected chi connectivity index (χ1v) is 5.79. The van der Waals surface area contributed by atoms with Crippen LogP contribution in [0.4, 0.5) is 11.5 Å². The minimum atomic E-state index is -0.425. The number of nitrogens with two attached hydrogens (primary N) is 1. The number of anilines is 2. The molecule has 7 heteroatoms. The topological polar surface area (TPSA) is 85.3 Å². The van der Waals surface area contributed by atoms with Gasteiger partial charge in [-0.2, -0.15) is 0 Å². The molecule has 0 saturated carbocycles. The average molecular weight is 255 g/mol. The predicted molar refractivity (Wildman–Crippen MR) is 72.5 cm³/mol. The second-order valence-corrected chi connectivity index (χ2v) is 4.92. The van der Waals surface area contributed by atoms with Gasteiger partial charge in [0.15, 0.2) is 5.69 Å². The maximum atomic E-state index is 12.0. The summed E-state index contributed by atoms with van der Waals surface area (Å²) in [7, 11) is 4.94. The second kappa shape index (κ2) is 5.26. The number of nitrogens with one attached hydrogen (secondary N) is 1. The fourth-order valence-electron chi connectivity index (χ4n) is 1.65. The quantitative estimate of drug-likeness (QED) is 0.720. The number of rotatable bonds is 4. The third-order valence-electron chi connectivity index (χ3n) is 2.47. The summed E-state index contributed by atoms with van der Waals surface area (Å²) in [4.78, 5) is 24.0. The van der Waals surface area contributed by atoms with E-state index >= 15 is 0 Å². The SMILES string of the molecule is CC(C)Cn1c(N)c(NN(C)C)c(=O)n(C)c1=O. The van der Waals surface area contributed by atoms with Crippen LogP contribution in [0.25, 0.3) is 0 Å². The first-order valence-electron chi connectivity index (χ1n) is 5.79. The van der Waals surface area contributed by atoms with Gasteiger partial charge in [-0.15, -0.1) is 0 Å². The molecule has 1 rings (SSSR count). The molecule has 3 N–H and O–H groups in total. The lowest BCUT2D eigenvalue weighted by Gasteiger charge is -2.19. The molecule has 0 aliphatic heterocycles. The van der Waals surface area contributed by atoms with Crippen LogP contribution in [0.2, 0.25) is 0 Å². The van der Waals surface area contributed by atoms with E-state index in [-0.39, 0.29) is 17.4 Å². The lowest BCUT2D eigenvalue weighted by molar-refractivity contribution is 0.477. The Morgan fingerprint density at radius 3 is 2.33 bits per heavy atom. The zero-order valence-electron chi connectivity index (χ0n) is 11.5. The molecule has 0 bridgehead atoms. The van der Waals surface area contributed by atoms with E-state index in [1.165, 1.54) is 11.6 Å². The molecule has 0 amide bonds. The van der Waals surface area contributed by atoms with Gasteiger partial charge in [-0.1, -0.05) is 13.8 Å². The highest BCUT2D eigenvalue weighted by Crippen LogP contribution is 2.12. The van der Waals surface area contributed by atoms with E-state index in [1.54, 1.807) is 19.1 Å². The highest BCUT2D eigenvalue weighted by atomic mass is 16.2. The Labute approximate surface area is 106 Å². The number of hydrogen-bond donors (Lipinski definition) is 2. The summed E-state index contributed by atoms with van der Waals surface area (Å²) in [5, 5.41) is 1.61. The Hall–Kier alpha value is -1.76. The van der Waals surface area contributed by atoms with Crippen molar-refractivity contribution in [1.29, 1.82) is 0 Å². The summed E-state index contributed by atoms with van der Waals surface area (Å²) in [5.74, 6) is 0.431. The highest BCUT2D eigenvalue weighted by Gasteiger charge is 2.16. The first-order chi connectivity index (χ1) is 8.25. The van der Waals surface area contributed by atoms with Crippen molar-refractivity contribution in [3.05, 3.63) is 20.8 Å². The van der Waals surface area contributed by atoms with Crippen molar-refractivity contribution in [1.82, 2.24) is 14.1 Å². The molecular formula is C11H21N5O2. The number of hydrazine groups is 1. The summed E-state index contributed by atoms with van der Waals surface area (Å²) in [5.41, 5.74) is 8.16. The van der Waals surface area contributed by atoms with Gasteiger partial charge in [-0.25, -0.2) is 9.80 Å². The molecule has 0 spiro atoms. The first kappa shape index (κ1) is 14.3. The Balaban J connectivity index is 3.49. The van der Waals surface area contributed by atoms with Crippen molar-refractivity contribution in [2.75, 3.05) is 25.3 Å². The normalized spacial score (nSPS) is 11.3. The molecule has 0 radical (unpaired) electrons. The van der Waals surface area contributed by atoms with Crippen molar-refractivity contribution in [3.63, 3.8) is 0 Å². The van der Waals surface area contributed by atoms with E-state index in [4.69, 9.17) is 5.73 Å². The van der Waals surface area contributed by atoms with Gasteiger partial charge in [-0.05, 0) is 5.92 Å².